The van der Waals surface area contributed by atoms with E-state index in [1.54, 1.807) is 0 Å². The lowest BCUT2D eigenvalue weighted by Crippen LogP contribution is -2.47. The Labute approximate surface area is 241 Å². The van der Waals surface area contributed by atoms with Crippen LogP contribution in [0.4, 0.5) is 0 Å². The number of hydrogen-bond donors (Lipinski definition) is 4. The Balaban J connectivity index is 4.06. The largest absolute Gasteiger partial charge is 0.480 e. The molecule has 0 rings (SSSR count). The summed E-state index contributed by atoms with van der Waals surface area (Å²) in [5.41, 5.74) is 0. The number of hydrogen-bond acceptors (Lipinski definition) is 6. The van der Waals surface area contributed by atoms with Gasteiger partial charge in [-0.3, -0.25) is 14.4 Å². The van der Waals surface area contributed by atoms with Gasteiger partial charge in [0, 0.05) is 12.8 Å². The number of carboxylic acid groups (broad SMARTS) is 1. The van der Waals surface area contributed by atoms with Gasteiger partial charge in [-0.1, -0.05) is 97.0 Å². The lowest BCUT2D eigenvalue weighted by molar-refractivity contribution is -0.147. The molecule has 9 heteroatoms. The molecule has 0 aliphatic carbocycles. The Morgan fingerprint density at radius 1 is 0.750 bits per heavy atom. The molecule has 0 aromatic heterocycles. The molecule has 40 heavy (non-hydrogen) atoms. The van der Waals surface area contributed by atoms with Crippen molar-refractivity contribution < 1.29 is 34.1 Å². The number of esters is 1. The van der Waals surface area contributed by atoms with Gasteiger partial charge >= 0.3 is 11.9 Å². The zero-order valence-electron chi connectivity index (χ0n) is 25.1. The van der Waals surface area contributed by atoms with E-state index in [4.69, 9.17) is 14.9 Å². The van der Waals surface area contributed by atoms with E-state index in [9.17, 15) is 19.2 Å². The number of allylic oxidation sites excluding steroid dienone is 1. The Morgan fingerprint density at radius 3 is 1.90 bits per heavy atom. The maximum absolute atomic E-state index is 12.4. The second-order valence-corrected chi connectivity index (χ2v) is 10.5. The lowest BCUT2D eigenvalue weighted by Gasteiger charge is -2.15. The lowest BCUT2D eigenvalue weighted by atomic mass is 10.1. The number of rotatable bonds is 27. The van der Waals surface area contributed by atoms with Crippen molar-refractivity contribution in [1.29, 1.82) is 0 Å². The van der Waals surface area contributed by atoms with Crippen LogP contribution in [-0.4, -0.2) is 59.3 Å². The first-order valence-electron chi connectivity index (χ1n) is 15.6. The molecule has 0 aliphatic rings. The van der Waals surface area contributed by atoms with Gasteiger partial charge in [-0.25, -0.2) is 4.79 Å². The van der Waals surface area contributed by atoms with Crippen LogP contribution < -0.4 is 10.6 Å². The second kappa shape index (κ2) is 26.8. The first-order valence-corrected chi connectivity index (χ1v) is 15.6. The van der Waals surface area contributed by atoms with Gasteiger partial charge in [-0.15, -0.1) is 0 Å². The summed E-state index contributed by atoms with van der Waals surface area (Å²) in [5.74, 6) is -2.42. The van der Waals surface area contributed by atoms with Gasteiger partial charge in [0.05, 0.1) is 13.2 Å². The van der Waals surface area contributed by atoms with Crippen molar-refractivity contribution in [2.45, 2.75) is 148 Å². The van der Waals surface area contributed by atoms with Crippen LogP contribution >= 0.6 is 0 Å². The fourth-order valence-electron chi connectivity index (χ4n) is 4.28. The quantitative estimate of drug-likeness (QED) is 0.0575. The number of unbranched alkanes of at least 4 members (excludes halogenated alkanes) is 13. The Kier molecular flexibility index (Phi) is 25.2. The van der Waals surface area contributed by atoms with Gasteiger partial charge < -0.3 is 25.6 Å². The fourth-order valence-corrected chi connectivity index (χ4v) is 4.28. The van der Waals surface area contributed by atoms with Crippen LogP contribution in [-0.2, 0) is 23.9 Å². The van der Waals surface area contributed by atoms with E-state index in [2.05, 4.69) is 30.6 Å². The molecule has 0 saturated heterocycles. The molecule has 2 atom stereocenters. The van der Waals surface area contributed by atoms with Crippen LogP contribution in [0.15, 0.2) is 12.2 Å². The SMILES string of the molecule is CCC/C=C\C(CCCCCCC(=O)NCC(=O)NC(CO)C(=O)O)OC(=O)CCCCCCCCCCCC. The molecule has 232 valence electrons. The number of nitrogens with one attached hydrogen (secondary N) is 2. The number of carbonyl (C=O) groups is 4. The Morgan fingerprint density at radius 2 is 1.32 bits per heavy atom. The van der Waals surface area contributed by atoms with Gasteiger partial charge in [-0.2, -0.15) is 0 Å². The number of aliphatic hydroxyl groups excluding tert-OH is 1. The molecule has 4 N–H and O–H groups in total. The molecule has 0 heterocycles. The summed E-state index contributed by atoms with van der Waals surface area (Å²) in [4.78, 5) is 46.8. The first-order chi connectivity index (χ1) is 19.3. The fraction of sp³-hybridized carbons (Fsp3) is 0.806. The highest BCUT2D eigenvalue weighted by Crippen LogP contribution is 2.15. The molecule has 0 saturated carbocycles. The number of carbonyl (C=O) groups excluding carboxylic acids is 3. The Hall–Kier alpha value is -2.42. The molecule has 0 fully saturated rings. The molecule has 0 aromatic carbocycles. The van der Waals surface area contributed by atoms with E-state index in [-0.39, 0.29) is 30.9 Å². The predicted octanol–water partition coefficient (Wildman–Crippen LogP) is 5.58. The third-order valence-electron chi connectivity index (χ3n) is 6.73. The topological polar surface area (TPSA) is 142 Å². The summed E-state index contributed by atoms with van der Waals surface area (Å²) in [6, 6.07) is -1.39. The van der Waals surface area contributed by atoms with Crippen LogP contribution in [0.25, 0.3) is 0 Å². The summed E-state index contributed by atoms with van der Waals surface area (Å²) >= 11 is 0. The summed E-state index contributed by atoms with van der Waals surface area (Å²) in [6.07, 6.45) is 23.0. The number of aliphatic hydroxyl groups is 1. The third kappa shape index (κ3) is 23.5. The smallest absolute Gasteiger partial charge is 0.328 e. The van der Waals surface area contributed by atoms with E-state index in [0.717, 1.165) is 51.4 Å². The Bertz CT molecular complexity index is 712. The molecule has 2 amide bonds. The van der Waals surface area contributed by atoms with Crippen molar-refractivity contribution in [3.63, 3.8) is 0 Å². The summed E-state index contributed by atoms with van der Waals surface area (Å²) in [5, 5.41) is 22.3. The molecule has 2 unspecified atom stereocenters. The van der Waals surface area contributed by atoms with Crippen LogP contribution in [0.2, 0.25) is 0 Å². The van der Waals surface area contributed by atoms with E-state index in [1.807, 2.05) is 6.08 Å². The van der Waals surface area contributed by atoms with Crippen molar-refractivity contribution in [3.8, 4) is 0 Å². The van der Waals surface area contributed by atoms with Crippen molar-refractivity contribution in [2.75, 3.05) is 13.2 Å². The van der Waals surface area contributed by atoms with Crippen LogP contribution in [0.3, 0.4) is 0 Å². The van der Waals surface area contributed by atoms with E-state index in [0.29, 0.717) is 12.8 Å². The van der Waals surface area contributed by atoms with Crippen molar-refractivity contribution >= 4 is 23.8 Å². The van der Waals surface area contributed by atoms with E-state index >= 15 is 0 Å². The minimum absolute atomic E-state index is 0.125. The van der Waals surface area contributed by atoms with E-state index < -0.39 is 24.5 Å². The minimum Gasteiger partial charge on any atom is -0.480 e. The molecule has 0 bridgehead atoms. The van der Waals surface area contributed by atoms with E-state index in [1.165, 1.54) is 51.4 Å². The molecule has 9 nitrogen and oxygen atoms in total. The molecule has 0 aromatic rings. The monoisotopic (exact) mass is 568 g/mol. The molecule has 0 aliphatic heterocycles. The van der Waals surface area contributed by atoms with Gasteiger partial charge in [0.15, 0.2) is 0 Å². The summed E-state index contributed by atoms with van der Waals surface area (Å²) in [7, 11) is 0. The third-order valence-corrected chi connectivity index (χ3v) is 6.73. The maximum atomic E-state index is 12.4. The zero-order chi connectivity index (χ0) is 29.8. The van der Waals surface area contributed by atoms with Gasteiger partial charge in [-0.05, 0) is 38.2 Å². The molecule has 0 radical (unpaired) electrons. The zero-order valence-corrected chi connectivity index (χ0v) is 25.1. The predicted molar refractivity (Wildman–Crippen MR) is 158 cm³/mol. The van der Waals surface area contributed by atoms with Crippen molar-refractivity contribution in [1.82, 2.24) is 10.6 Å². The molecular weight excluding hydrogens is 512 g/mol. The van der Waals surface area contributed by atoms with Gasteiger partial charge in [0.1, 0.15) is 12.1 Å². The number of carboxylic acids is 1. The standard InChI is InChI=1S/C31H56N2O7/c1-3-5-7-8-9-10-11-12-13-19-23-30(37)40-26(20-16-6-4-2)21-17-14-15-18-22-28(35)32-24-29(36)33-27(25-34)31(38)39/h16,20,26-27,34H,3-15,17-19,21-25H2,1-2H3,(H,32,35)(H,33,36)(H,38,39)/b20-16-. The number of aliphatic carboxylic acids is 1. The minimum atomic E-state index is -1.39. The highest BCUT2D eigenvalue weighted by atomic mass is 16.5. The van der Waals surface area contributed by atoms with Crippen molar-refractivity contribution in [3.05, 3.63) is 12.2 Å². The van der Waals surface area contributed by atoms with Crippen LogP contribution in [0.5, 0.6) is 0 Å². The average Bonchev–Trinajstić information content (AvgIpc) is 2.93. The van der Waals surface area contributed by atoms with Crippen molar-refractivity contribution in [2.24, 2.45) is 0 Å². The van der Waals surface area contributed by atoms with Gasteiger partial charge in [0.2, 0.25) is 11.8 Å². The summed E-state index contributed by atoms with van der Waals surface area (Å²) in [6.45, 7) is 3.29. The van der Waals surface area contributed by atoms with Crippen LogP contribution in [0, 0.1) is 0 Å². The van der Waals surface area contributed by atoms with Gasteiger partial charge in [0.25, 0.3) is 0 Å². The normalized spacial score (nSPS) is 12.7. The first kappa shape index (κ1) is 37.6. The maximum Gasteiger partial charge on any atom is 0.328 e. The highest BCUT2D eigenvalue weighted by Gasteiger charge is 2.18. The molecule has 0 spiro atoms. The molecular formula is C31H56N2O7. The summed E-state index contributed by atoms with van der Waals surface area (Å²) < 4.78 is 5.75. The number of amides is 2. The highest BCUT2D eigenvalue weighted by molar-refractivity contribution is 5.87. The number of ether oxygens (including phenoxy) is 1. The second-order valence-electron chi connectivity index (χ2n) is 10.5. The average molecular weight is 569 g/mol. The van der Waals surface area contributed by atoms with Crippen LogP contribution in [0.1, 0.15) is 136 Å².